The highest BCUT2D eigenvalue weighted by Gasteiger charge is 2.25. The summed E-state index contributed by atoms with van der Waals surface area (Å²) < 4.78 is 44.7. The molecule has 0 radical (unpaired) electrons. The number of ether oxygens (including phenoxy) is 1. The molecule has 6 nitrogen and oxygen atoms in total. The molecule has 9 heteroatoms. The number of benzene rings is 1. The quantitative estimate of drug-likeness (QED) is 0.662. The zero-order valence-electron chi connectivity index (χ0n) is 13.6. The van der Waals surface area contributed by atoms with Crippen LogP contribution in [0.2, 0.25) is 5.02 Å². The second-order valence-electron chi connectivity index (χ2n) is 5.44. The van der Waals surface area contributed by atoms with Crippen LogP contribution in [0.4, 0.5) is 4.39 Å². The first kappa shape index (κ1) is 18.2. The topological polar surface area (TPSA) is 85.0 Å². The Bertz CT molecular complexity index is 1120. The largest absolute Gasteiger partial charge is 0.488 e. The van der Waals surface area contributed by atoms with Crippen molar-refractivity contribution >= 4 is 32.7 Å². The lowest BCUT2D eigenvalue weighted by molar-refractivity contribution is 0.276. The minimum atomic E-state index is -3.98. The van der Waals surface area contributed by atoms with E-state index in [4.69, 9.17) is 21.6 Å². The second-order valence-corrected chi connectivity index (χ2v) is 7.63. The van der Waals surface area contributed by atoms with E-state index in [-0.39, 0.29) is 38.9 Å². The van der Waals surface area contributed by atoms with E-state index in [0.29, 0.717) is 0 Å². The Morgan fingerprint density at radius 2 is 2.04 bits per heavy atom. The van der Waals surface area contributed by atoms with Gasteiger partial charge in [0.25, 0.3) is 10.0 Å². The number of rotatable bonds is 5. The van der Waals surface area contributed by atoms with E-state index in [9.17, 15) is 12.8 Å². The number of nitrogens with zero attached hydrogens (tertiary/aromatic N) is 3. The number of nitriles is 1. The normalized spacial score (nSPS) is 11.5. The van der Waals surface area contributed by atoms with Crippen LogP contribution in [0.5, 0.6) is 5.75 Å². The van der Waals surface area contributed by atoms with E-state index < -0.39 is 16.7 Å². The maximum absolute atomic E-state index is 13.0. The minimum Gasteiger partial charge on any atom is -0.488 e. The highest BCUT2D eigenvalue weighted by molar-refractivity contribution is 7.90. The standard InChI is InChI=1S/C17H13ClFN3O3S/c1-11-2-4-13(5-3-11)26(23,24)22-10-14(25-7-6-19)15-16(18)12(8-20)9-21-17(15)22/h2-5,9-10H,6-7H2,1H3. The molecular weight excluding hydrogens is 381 g/mol. The summed E-state index contributed by atoms with van der Waals surface area (Å²) >= 11 is 6.21. The predicted molar refractivity (Wildman–Crippen MR) is 94.7 cm³/mol. The van der Waals surface area contributed by atoms with Gasteiger partial charge in [-0.1, -0.05) is 29.3 Å². The first-order valence-corrected chi connectivity index (χ1v) is 9.32. The summed E-state index contributed by atoms with van der Waals surface area (Å²) in [6.45, 7) is 0.798. The van der Waals surface area contributed by atoms with Crippen molar-refractivity contribution < 1.29 is 17.5 Å². The number of hydrogen-bond donors (Lipinski definition) is 0. The highest BCUT2D eigenvalue weighted by Crippen LogP contribution is 2.36. The molecule has 0 saturated heterocycles. The van der Waals surface area contributed by atoms with E-state index in [2.05, 4.69) is 4.98 Å². The average Bonchev–Trinajstić information content (AvgIpc) is 3.01. The van der Waals surface area contributed by atoms with Crippen LogP contribution in [-0.4, -0.2) is 30.7 Å². The van der Waals surface area contributed by atoms with E-state index in [1.807, 2.05) is 13.0 Å². The Kier molecular flexibility index (Phi) is 4.85. The fourth-order valence-corrected chi connectivity index (χ4v) is 4.02. The summed E-state index contributed by atoms with van der Waals surface area (Å²) in [6, 6.07) is 8.17. The summed E-state index contributed by atoms with van der Waals surface area (Å²) in [4.78, 5) is 4.11. The lowest BCUT2D eigenvalue weighted by atomic mass is 10.2. The van der Waals surface area contributed by atoms with Crippen molar-refractivity contribution in [2.75, 3.05) is 13.3 Å². The molecule has 2 aromatic heterocycles. The van der Waals surface area contributed by atoms with E-state index >= 15 is 0 Å². The van der Waals surface area contributed by atoms with E-state index in [0.717, 1.165) is 9.54 Å². The van der Waals surface area contributed by atoms with Gasteiger partial charge in [-0.15, -0.1) is 0 Å². The van der Waals surface area contributed by atoms with Crippen LogP contribution in [0.25, 0.3) is 11.0 Å². The summed E-state index contributed by atoms with van der Waals surface area (Å²) in [5.74, 6) is 0.0444. The molecule has 0 fully saturated rings. The van der Waals surface area contributed by atoms with Crippen LogP contribution < -0.4 is 4.74 Å². The third kappa shape index (κ3) is 3.00. The van der Waals surface area contributed by atoms with Gasteiger partial charge in [0.15, 0.2) is 5.65 Å². The summed E-state index contributed by atoms with van der Waals surface area (Å²) in [6.07, 6.45) is 2.38. The molecule has 0 amide bonds. The smallest absolute Gasteiger partial charge is 0.269 e. The Balaban J connectivity index is 2.28. The van der Waals surface area contributed by atoms with Crippen molar-refractivity contribution in [2.24, 2.45) is 0 Å². The van der Waals surface area contributed by atoms with Crippen LogP contribution in [0.3, 0.4) is 0 Å². The van der Waals surface area contributed by atoms with Gasteiger partial charge < -0.3 is 4.74 Å². The van der Waals surface area contributed by atoms with E-state index in [1.54, 1.807) is 12.1 Å². The van der Waals surface area contributed by atoms with E-state index in [1.165, 1.54) is 24.5 Å². The second kappa shape index (κ2) is 6.94. The average molecular weight is 394 g/mol. The first-order chi connectivity index (χ1) is 12.4. The third-order valence-corrected chi connectivity index (χ3v) is 5.77. The number of alkyl halides is 1. The molecule has 26 heavy (non-hydrogen) atoms. The summed E-state index contributed by atoms with van der Waals surface area (Å²) in [5, 5.41) is 9.27. The maximum Gasteiger partial charge on any atom is 0.269 e. The summed E-state index contributed by atoms with van der Waals surface area (Å²) in [5.41, 5.74) is 0.978. The van der Waals surface area contributed by atoms with Gasteiger partial charge in [0.2, 0.25) is 0 Å². The molecule has 3 rings (SSSR count). The molecule has 0 bridgehead atoms. The molecule has 1 aromatic carbocycles. The predicted octanol–water partition coefficient (Wildman–Crippen LogP) is 3.46. The number of fused-ring (bicyclic) bond motifs is 1. The summed E-state index contributed by atoms with van der Waals surface area (Å²) in [7, 11) is -3.98. The Labute approximate surface area is 154 Å². The van der Waals surface area contributed by atoms with Crippen LogP contribution in [0.1, 0.15) is 11.1 Å². The molecule has 0 atom stereocenters. The number of hydrogen-bond acceptors (Lipinski definition) is 5. The van der Waals surface area contributed by atoms with Crippen LogP contribution >= 0.6 is 11.6 Å². The van der Waals surface area contributed by atoms with Crippen molar-refractivity contribution in [3.63, 3.8) is 0 Å². The molecule has 0 aliphatic heterocycles. The molecule has 0 aliphatic carbocycles. The van der Waals surface area contributed by atoms with Gasteiger partial charge >= 0.3 is 0 Å². The van der Waals surface area contributed by atoms with Crippen molar-refractivity contribution in [1.82, 2.24) is 8.96 Å². The fourth-order valence-electron chi connectivity index (χ4n) is 2.44. The maximum atomic E-state index is 13.0. The Morgan fingerprint density at radius 1 is 1.35 bits per heavy atom. The molecule has 0 aliphatic rings. The van der Waals surface area contributed by atoms with Crippen molar-refractivity contribution in [1.29, 1.82) is 5.26 Å². The molecule has 0 saturated carbocycles. The highest BCUT2D eigenvalue weighted by atomic mass is 35.5. The van der Waals surface area contributed by atoms with Crippen LogP contribution in [-0.2, 0) is 10.0 Å². The van der Waals surface area contributed by atoms with Gasteiger partial charge in [0, 0.05) is 6.20 Å². The molecule has 0 N–H and O–H groups in total. The van der Waals surface area contributed by atoms with Crippen molar-refractivity contribution in [3.8, 4) is 11.8 Å². The van der Waals surface area contributed by atoms with Gasteiger partial charge in [0.1, 0.15) is 25.1 Å². The molecule has 3 aromatic rings. The minimum absolute atomic E-state index is 0.00318. The van der Waals surface area contributed by atoms with Gasteiger partial charge in [0.05, 0.1) is 27.1 Å². The molecule has 134 valence electrons. The number of halogens is 2. The number of aromatic nitrogens is 2. The van der Waals surface area contributed by atoms with Gasteiger partial charge in [-0.25, -0.2) is 21.8 Å². The molecule has 2 heterocycles. The lowest BCUT2D eigenvalue weighted by Crippen LogP contribution is -2.12. The third-order valence-electron chi connectivity index (χ3n) is 3.72. The monoisotopic (exact) mass is 393 g/mol. The van der Waals surface area contributed by atoms with Gasteiger partial charge in [-0.05, 0) is 19.1 Å². The number of pyridine rings is 1. The lowest BCUT2D eigenvalue weighted by Gasteiger charge is -2.07. The Hall–Kier alpha value is -2.63. The van der Waals surface area contributed by atoms with Gasteiger partial charge in [-0.2, -0.15) is 5.26 Å². The molecule has 0 unspecified atom stereocenters. The zero-order chi connectivity index (χ0) is 18.9. The SMILES string of the molecule is Cc1ccc(S(=O)(=O)n2cc(OCCF)c3c(Cl)c(C#N)cnc32)cc1. The van der Waals surface area contributed by atoms with Crippen molar-refractivity contribution in [2.45, 2.75) is 11.8 Å². The van der Waals surface area contributed by atoms with Crippen LogP contribution in [0, 0.1) is 18.3 Å². The molecular formula is C17H13ClFN3O3S. The molecule has 0 spiro atoms. The Morgan fingerprint density at radius 3 is 2.65 bits per heavy atom. The van der Waals surface area contributed by atoms with Crippen molar-refractivity contribution in [3.05, 3.63) is 52.8 Å². The van der Waals surface area contributed by atoms with Crippen LogP contribution in [0.15, 0.2) is 41.6 Å². The fraction of sp³-hybridized carbons (Fsp3) is 0.176. The number of aryl methyl sites for hydroxylation is 1. The first-order valence-electron chi connectivity index (χ1n) is 7.51. The van der Waals surface area contributed by atoms with Gasteiger partial charge in [-0.3, -0.25) is 0 Å². The zero-order valence-corrected chi connectivity index (χ0v) is 15.2.